The van der Waals surface area contributed by atoms with Crippen LogP contribution >= 0.6 is 11.8 Å². The number of hydrogen-bond acceptors (Lipinski definition) is 4. The van der Waals surface area contributed by atoms with E-state index >= 15 is 0 Å². The summed E-state index contributed by atoms with van der Waals surface area (Å²) in [5.74, 6) is 1.65. The summed E-state index contributed by atoms with van der Waals surface area (Å²) in [4.78, 5) is 0. The number of hydrogen-bond donors (Lipinski definition) is 1. The van der Waals surface area contributed by atoms with E-state index in [1.165, 1.54) is 6.42 Å². The van der Waals surface area contributed by atoms with Gasteiger partial charge in [-0.15, -0.1) is 0 Å². The fourth-order valence-electron chi connectivity index (χ4n) is 1.21. The predicted molar refractivity (Wildman–Crippen MR) is 54.5 cm³/mol. The van der Waals surface area contributed by atoms with Gasteiger partial charge in [-0.2, -0.15) is 17.0 Å². The van der Waals surface area contributed by atoms with Gasteiger partial charge < -0.3 is 10.5 Å². The zero-order valence-electron chi connectivity index (χ0n) is 7.95. The highest BCUT2D eigenvalue weighted by atomic mass is 32.2. The van der Waals surface area contributed by atoms with Crippen LogP contribution in [0.5, 0.6) is 0 Å². The summed E-state index contributed by atoms with van der Waals surface area (Å²) in [6.07, 6.45) is 2.71. The average molecular weight is 200 g/mol. The molecule has 1 aliphatic rings. The second-order valence-electron chi connectivity index (χ2n) is 3.68. The average Bonchev–Trinajstić information content (AvgIpc) is 2.57. The Morgan fingerprint density at radius 3 is 3.08 bits per heavy atom. The Hall–Kier alpha value is -0.240. The number of nitriles is 1. The highest BCUT2D eigenvalue weighted by Crippen LogP contribution is 2.19. The summed E-state index contributed by atoms with van der Waals surface area (Å²) in [6, 6.07) is 2.08. The van der Waals surface area contributed by atoms with Gasteiger partial charge in [-0.3, -0.25) is 0 Å². The number of nitrogens with zero attached hydrogens (tertiary/aromatic N) is 1. The Kier molecular flexibility index (Phi) is 4.04. The van der Waals surface area contributed by atoms with Crippen molar-refractivity contribution in [2.75, 3.05) is 18.1 Å². The first-order valence-electron chi connectivity index (χ1n) is 4.53. The van der Waals surface area contributed by atoms with Gasteiger partial charge in [-0.1, -0.05) is 0 Å². The zero-order chi connectivity index (χ0) is 9.73. The standard InChI is InChI=1S/C9H16N2OS/c1-9(11,6-10)7-13-5-8-3-2-4-12-8/h8H,2-5,7,11H2,1H3. The lowest BCUT2D eigenvalue weighted by Crippen LogP contribution is -2.37. The van der Waals surface area contributed by atoms with Gasteiger partial charge in [-0.05, 0) is 19.8 Å². The van der Waals surface area contributed by atoms with E-state index in [0.29, 0.717) is 11.9 Å². The van der Waals surface area contributed by atoms with Crippen LogP contribution in [0.25, 0.3) is 0 Å². The molecular formula is C9H16N2OS. The number of nitrogens with two attached hydrogens (primary N) is 1. The molecule has 1 aliphatic heterocycles. The first-order valence-corrected chi connectivity index (χ1v) is 5.69. The molecule has 0 amide bonds. The minimum Gasteiger partial charge on any atom is -0.377 e. The van der Waals surface area contributed by atoms with Gasteiger partial charge in [0, 0.05) is 18.1 Å². The van der Waals surface area contributed by atoms with Crippen LogP contribution in [-0.2, 0) is 4.74 Å². The molecule has 0 aromatic carbocycles. The van der Waals surface area contributed by atoms with Crippen molar-refractivity contribution in [1.29, 1.82) is 5.26 Å². The van der Waals surface area contributed by atoms with E-state index in [2.05, 4.69) is 6.07 Å². The number of rotatable bonds is 4. The van der Waals surface area contributed by atoms with Gasteiger partial charge in [0.2, 0.25) is 0 Å². The summed E-state index contributed by atoms with van der Waals surface area (Å²) in [6.45, 7) is 2.65. The maximum atomic E-state index is 8.67. The summed E-state index contributed by atoms with van der Waals surface area (Å²) >= 11 is 1.71. The van der Waals surface area contributed by atoms with E-state index < -0.39 is 5.54 Å². The Morgan fingerprint density at radius 1 is 1.77 bits per heavy atom. The summed E-state index contributed by atoms with van der Waals surface area (Å²) < 4.78 is 5.46. The normalized spacial score (nSPS) is 26.7. The summed E-state index contributed by atoms with van der Waals surface area (Å²) in [5.41, 5.74) is 4.99. The third-order valence-electron chi connectivity index (χ3n) is 1.99. The third-order valence-corrected chi connectivity index (χ3v) is 3.40. The van der Waals surface area contributed by atoms with Crippen LogP contribution in [-0.4, -0.2) is 29.8 Å². The molecular weight excluding hydrogens is 184 g/mol. The van der Waals surface area contributed by atoms with Gasteiger partial charge in [0.1, 0.15) is 5.54 Å². The van der Waals surface area contributed by atoms with E-state index in [1.54, 1.807) is 18.7 Å². The van der Waals surface area contributed by atoms with Crippen molar-refractivity contribution < 1.29 is 4.74 Å². The fraction of sp³-hybridized carbons (Fsp3) is 0.889. The van der Waals surface area contributed by atoms with Crippen LogP contribution < -0.4 is 5.73 Å². The van der Waals surface area contributed by atoms with Crippen molar-refractivity contribution >= 4 is 11.8 Å². The minimum atomic E-state index is -0.691. The molecule has 0 radical (unpaired) electrons. The van der Waals surface area contributed by atoms with Crippen molar-refractivity contribution in [3.05, 3.63) is 0 Å². The molecule has 0 spiro atoms. The fourth-order valence-corrected chi connectivity index (χ4v) is 2.34. The quantitative estimate of drug-likeness (QED) is 0.739. The van der Waals surface area contributed by atoms with E-state index in [1.807, 2.05) is 0 Å². The lowest BCUT2D eigenvalue weighted by molar-refractivity contribution is 0.129. The van der Waals surface area contributed by atoms with Crippen LogP contribution in [0, 0.1) is 11.3 Å². The van der Waals surface area contributed by atoms with Gasteiger partial charge >= 0.3 is 0 Å². The van der Waals surface area contributed by atoms with Gasteiger partial charge in [0.05, 0.1) is 12.2 Å². The minimum absolute atomic E-state index is 0.388. The van der Waals surface area contributed by atoms with Crippen LogP contribution in [0.2, 0.25) is 0 Å². The molecule has 74 valence electrons. The molecule has 0 saturated carbocycles. The molecule has 2 N–H and O–H groups in total. The second-order valence-corrected chi connectivity index (χ2v) is 4.71. The monoisotopic (exact) mass is 200 g/mol. The first kappa shape index (κ1) is 10.8. The van der Waals surface area contributed by atoms with Crippen molar-refractivity contribution in [2.45, 2.75) is 31.4 Å². The molecule has 1 rings (SSSR count). The van der Waals surface area contributed by atoms with Crippen molar-refractivity contribution in [3.8, 4) is 6.07 Å². The smallest absolute Gasteiger partial charge is 0.110 e. The largest absolute Gasteiger partial charge is 0.377 e. The first-order chi connectivity index (χ1) is 6.14. The SMILES string of the molecule is CC(N)(C#N)CSCC1CCCO1. The van der Waals surface area contributed by atoms with Crippen LogP contribution in [0.3, 0.4) is 0 Å². The third kappa shape index (κ3) is 3.99. The van der Waals surface area contributed by atoms with Gasteiger partial charge in [-0.25, -0.2) is 0 Å². The van der Waals surface area contributed by atoms with Crippen LogP contribution in [0.15, 0.2) is 0 Å². The molecule has 13 heavy (non-hydrogen) atoms. The Labute approximate surface area is 83.6 Å². The van der Waals surface area contributed by atoms with Crippen LogP contribution in [0.1, 0.15) is 19.8 Å². The highest BCUT2D eigenvalue weighted by Gasteiger charge is 2.20. The molecule has 0 aromatic rings. The number of thioether (sulfide) groups is 1. The molecule has 1 heterocycles. The van der Waals surface area contributed by atoms with Crippen molar-refractivity contribution in [1.82, 2.24) is 0 Å². The van der Waals surface area contributed by atoms with E-state index in [-0.39, 0.29) is 0 Å². The molecule has 2 unspecified atom stereocenters. The molecule has 3 nitrogen and oxygen atoms in total. The summed E-state index contributed by atoms with van der Waals surface area (Å²) in [7, 11) is 0. The lowest BCUT2D eigenvalue weighted by atomic mass is 10.1. The Morgan fingerprint density at radius 2 is 2.54 bits per heavy atom. The highest BCUT2D eigenvalue weighted by molar-refractivity contribution is 7.99. The van der Waals surface area contributed by atoms with E-state index in [4.69, 9.17) is 15.7 Å². The molecule has 0 aromatic heterocycles. The summed E-state index contributed by atoms with van der Waals surface area (Å²) in [5, 5.41) is 8.67. The zero-order valence-corrected chi connectivity index (χ0v) is 8.77. The molecule has 0 aliphatic carbocycles. The molecule has 1 saturated heterocycles. The van der Waals surface area contributed by atoms with Crippen LogP contribution in [0.4, 0.5) is 0 Å². The van der Waals surface area contributed by atoms with E-state index in [0.717, 1.165) is 18.8 Å². The second kappa shape index (κ2) is 4.85. The predicted octanol–water partition coefficient (Wildman–Crippen LogP) is 1.14. The van der Waals surface area contributed by atoms with Gasteiger partial charge in [0.25, 0.3) is 0 Å². The van der Waals surface area contributed by atoms with E-state index in [9.17, 15) is 0 Å². The maximum Gasteiger partial charge on any atom is 0.110 e. The molecule has 1 fully saturated rings. The van der Waals surface area contributed by atoms with Crippen molar-refractivity contribution in [3.63, 3.8) is 0 Å². The Balaban J connectivity index is 2.10. The maximum absolute atomic E-state index is 8.67. The van der Waals surface area contributed by atoms with Gasteiger partial charge in [0.15, 0.2) is 0 Å². The van der Waals surface area contributed by atoms with Crippen molar-refractivity contribution in [2.24, 2.45) is 5.73 Å². The topological polar surface area (TPSA) is 59.0 Å². The molecule has 2 atom stereocenters. The lowest BCUT2D eigenvalue weighted by Gasteiger charge is -2.15. The molecule has 0 bridgehead atoms. The Bertz CT molecular complexity index is 194. The number of ether oxygens (including phenoxy) is 1. The molecule has 4 heteroatoms.